The first-order valence-corrected chi connectivity index (χ1v) is 8.40. The molecule has 0 unspecified atom stereocenters. The molecule has 0 amide bonds. The first kappa shape index (κ1) is 24.0. The van der Waals surface area contributed by atoms with Gasteiger partial charge in [-0.25, -0.2) is 18.4 Å². The zero-order valence-electron chi connectivity index (χ0n) is 16.2. The maximum absolute atomic E-state index is 13.7. The SMILES string of the molecule is CC#CCOC(=O)c1ccc(OCC#CC)cc1F.O=C(O)c1ccc(O)cc1F. The summed E-state index contributed by atoms with van der Waals surface area (Å²) < 4.78 is 36.2. The van der Waals surface area contributed by atoms with Crippen molar-refractivity contribution in [2.24, 2.45) is 0 Å². The molecule has 30 heavy (non-hydrogen) atoms. The van der Waals surface area contributed by atoms with E-state index in [9.17, 15) is 18.4 Å². The fraction of sp³-hybridized carbons (Fsp3) is 0.182. The summed E-state index contributed by atoms with van der Waals surface area (Å²) in [6, 6.07) is 6.80. The number of halogens is 2. The van der Waals surface area contributed by atoms with Crippen molar-refractivity contribution >= 4 is 11.9 Å². The number of aromatic carboxylic acids is 1. The van der Waals surface area contributed by atoms with Crippen LogP contribution in [0.2, 0.25) is 0 Å². The van der Waals surface area contributed by atoms with E-state index in [-0.39, 0.29) is 24.5 Å². The number of carboxylic acid groups (broad SMARTS) is 1. The Labute approximate surface area is 172 Å². The zero-order chi connectivity index (χ0) is 22.5. The van der Waals surface area contributed by atoms with Crippen LogP contribution in [-0.2, 0) is 4.74 Å². The van der Waals surface area contributed by atoms with E-state index in [4.69, 9.17) is 19.7 Å². The standard InChI is InChI=1S/C15H13FO3.C7H5FO3/c1-3-5-9-18-12-7-8-13(14(16)11-12)15(17)19-10-6-4-2;8-6-3-4(9)1-2-5(6)7(10)11/h7-8,11H,9-10H2,1-2H3;1-3,9H,(H,10,11). The number of phenolic OH excluding ortho intramolecular Hbond substituents is 1. The molecule has 0 heterocycles. The van der Waals surface area contributed by atoms with E-state index in [0.717, 1.165) is 24.3 Å². The molecule has 0 aliphatic rings. The summed E-state index contributed by atoms with van der Waals surface area (Å²) in [6.45, 7) is 3.42. The topological polar surface area (TPSA) is 93.1 Å². The number of carboxylic acids is 1. The minimum Gasteiger partial charge on any atom is -0.508 e. The Kier molecular flexibility index (Phi) is 9.94. The van der Waals surface area contributed by atoms with Crippen LogP contribution >= 0.6 is 0 Å². The molecule has 0 bridgehead atoms. The van der Waals surface area contributed by atoms with Gasteiger partial charge in [0.15, 0.2) is 6.61 Å². The Hall–Kier alpha value is -4.04. The molecule has 0 saturated heterocycles. The summed E-state index contributed by atoms with van der Waals surface area (Å²) in [7, 11) is 0. The molecule has 0 atom stereocenters. The zero-order valence-corrected chi connectivity index (χ0v) is 16.2. The van der Waals surface area contributed by atoms with E-state index in [0.29, 0.717) is 5.75 Å². The van der Waals surface area contributed by atoms with Gasteiger partial charge in [-0.05, 0) is 38.1 Å². The van der Waals surface area contributed by atoms with Crippen LogP contribution in [-0.4, -0.2) is 35.4 Å². The van der Waals surface area contributed by atoms with E-state index in [1.54, 1.807) is 13.8 Å². The van der Waals surface area contributed by atoms with Crippen LogP contribution in [0.15, 0.2) is 36.4 Å². The smallest absolute Gasteiger partial charge is 0.342 e. The van der Waals surface area contributed by atoms with Gasteiger partial charge in [0.25, 0.3) is 0 Å². The second-order valence-corrected chi connectivity index (χ2v) is 5.33. The molecule has 2 aromatic carbocycles. The van der Waals surface area contributed by atoms with Gasteiger partial charge >= 0.3 is 11.9 Å². The second-order valence-electron chi connectivity index (χ2n) is 5.33. The van der Waals surface area contributed by atoms with Crippen LogP contribution in [0.5, 0.6) is 11.5 Å². The maximum atomic E-state index is 13.7. The number of aromatic hydroxyl groups is 1. The number of ether oxygens (including phenoxy) is 2. The van der Waals surface area contributed by atoms with Gasteiger partial charge in [-0.3, -0.25) is 0 Å². The van der Waals surface area contributed by atoms with Crippen LogP contribution in [0.4, 0.5) is 8.78 Å². The molecule has 0 aliphatic carbocycles. The number of hydrogen-bond acceptors (Lipinski definition) is 5. The Bertz CT molecular complexity index is 1030. The van der Waals surface area contributed by atoms with Crippen molar-refractivity contribution in [1.29, 1.82) is 0 Å². The van der Waals surface area contributed by atoms with Crippen LogP contribution in [0, 0.1) is 35.3 Å². The molecule has 2 rings (SSSR count). The van der Waals surface area contributed by atoms with Crippen molar-refractivity contribution in [2.75, 3.05) is 13.2 Å². The highest BCUT2D eigenvalue weighted by Gasteiger charge is 2.13. The van der Waals surface area contributed by atoms with E-state index in [1.165, 1.54) is 12.1 Å². The predicted molar refractivity (Wildman–Crippen MR) is 104 cm³/mol. The number of phenols is 1. The van der Waals surface area contributed by atoms with Crippen LogP contribution in [0.3, 0.4) is 0 Å². The van der Waals surface area contributed by atoms with Crippen molar-refractivity contribution in [1.82, 2.24) is 0 Å². The number of carbonyl (C=O) groups excluding carboxylic acids is 1. The Morgan fingerprint density at radius 2 is 1.53 bits per heavy atom. The van der Waals surface area contributed by atoms with E-state index < -0.39 is 29.1 Å². The molecular formula is C22H18F2O6. The molecule has 8 heteroatoms. The number of benzene rings is 2. The van der Waals surface area contributed by atoms with E-state index >= 15 is 0 Å². The van der Waals surface area contributed by atoms with Gasteiger partial charge in [-0.15, -0.1) is 11.8 Å². The number of hydrogen-bond donors (Lipinski definition) is 2. The van der Waals surface area contributed by atoms with Gasteiger partial charge in [0.05, 0.1) is 11.1 Å². The van der Waals surface area contributed by atoms with Crippen LogP contribution < -0.4 is 4.74 Å². The molecule has 0 aliphatic heterocycles. The fourth-order valence-electron chi connectivity index (χ4n) is 1.87. The molecule has 0 radical (unpaired) electrons. The van der Waals surface area contributed by atoms with Crippen molar-refractivity contribution in [2.45, 2.75) is 13.8 Å². The van der Waals surface area contributed by atoms with Gasteiger partial charge in [-0.1, -0.05) is 11.8 Å². The largest absolute Gasteiger partial charge is 0.508 e. The molecule has 2 N–H and O–H groups in total. The highest BCUT2D eigenvalue weighted by molar-refractivity contribution is 5.90. The third kappa shape index (κ3) is 7.91. The third-order valence-corrected chi connectivity index (χ3v) is 3.28. The minimum atomic E-state index is -1.34. The van der Waals surface area contributed by atoms with Crippen molar-refractivity contribution < 1.29 is 38.1 Å². The molecule has 0 saturated carbocycles. The first-order valence-electron chi connectivity index (χ1n) is 8.40. The van der Waals surface area contributed by atoms with Crippen molar-refractivity contribution in [3.05, 3.63) is 59.2 Å². The lowest BCUT2D eigenvalue weighted by Crippen LogP contribution is -2.08. The monoisotopic (exact) mass is 416 g/mol. The Morgan fingerprint density at radius 3 is 2.10 bits per heavy atom. The van der Waals surface area contributed by atoms with Gasteiger partial charge in [-0.2, -0.15) is 0 Å². The average molecular weight is 416 g/mol. The Balaban J connectivity index is 0.000000346. The van der Waals surface area contributed by atoms with Crippen LogP contribution in [0.25, 0.3) is 0 Å². The summed E-state index contributed by atoms with van der Waals surface area (Å²) in [5, 5.41) is 17.0. The fourth-order valence-corrected chi connectivity index (χ4v) is 1.87. The van der Waals surface area contributed by atoms with Gasteiger partial charge in [0.2, 0.25) is 0 Å². The van der Waals surface area contributed by atoms with E-state index in [2.05, 4.69) is 23.7 Å². The lowest BCUT2D eigenvalue weighted by atomic mass is 10.2. The summed E-state index contributed by atoms with van der Waals surface area (Å²) >= 11 is 0. The molecule has 2 aromatic rings. The van der Waals surface area contributed by atoms with Crippen molar-refractivity contribution in [3.8, 4) is 35.2 Å². The molecule has 0 spiro atoms. The summed E-state index contributed by atoms with van der Waals surface area (Å²) in [6.07, 6.45) is 0. The lowest BCUT2D eigenvalue weighted by molar-refractivity contribution is 0.0550. The van der Waals surface area contributed by atoms with Gasteiger partial charge in [0.1, 0.15) is 29.7 Å². The van der Waals surface area contributed by atoms with E-state index in [1.807, 2.05) is 0 Å². The normalized spacial score (nSPS) is 8.93. The second kappa shape index (κ2) is 12.4. The summed E-state index contributed by atoms with van der Waals surface area (Å²) in [5.41, 5.74) is -0.588. The summed E-state index contributed by atoms with van der Waals surface area (Å²) in [5.74, 6) is 6.77. The number of esters is 1. The average Bonchev–Trinajstić information content (AvgIpc) is 2.68. The first-order chi connectivity index (χ1) is 14.3. The molecule has 6 nitrogen and oxygen atoms in total. The lowest BCUT2D eigenvalue weighted by Gasteiger charge is -2.05. The van der Waals surface area contributed by atoms with Gasteiger partial charge < -0.3 is 19.7 Å². The number of carbonyl (C=O) groups is 2. The minimum absolute atomic E-state index is 0.0564. The van der Waals surface area contributed by atoms with Gasteiger partial charge in [0, 0.05) is 12.1 Å². The maximum Gasteiger partial charge on any atom is 0.342 e. The number of rotatable bonds is 5. The molecule has 0 fully saturated rings. The molecule has 0 aromatic heterocycles. The molecular weight excluding hydrogens is 398 g/mol. The predicted octanol–water partition coefficient (Wildman–Crippen LogP) is 3.64. The van der Waals surface area contributed by atoms with Crippen LogP contribution in [0.1, 0.15) is 34.6 Å². The highest BCUT2D eigenvalue weighted by Crippen LogP contribution is 2.17. The highest BCUT2D eigenvalue weighted by atomic mass is 19.1. The quantitative estimate of drug-likeness (QED) is 0.571. The third-order valence-electron chi connectivity index (χ3n) is 3.28. The molecule has 156 valence electrons. The summed E-state index contributed by atoms with van der Waals surface area (Å²) in [4.78, 5) is 21.7. The van der Waals surface area contributed by atoms with Crippen molar-refractivity contribution in [3.63, 3.8) is 0 Å². The Morgan fingerprint density at radius 1 is 0.933 bits per heavy atom.